The third kappa shape index (κ3) is 4.15. The number of aryl methyl sites for hydroxylation is 2. The normalized spacial score (nSPS) is 11.5. The number of benzene rings is 1. The number of amides is 1. The summed E-state index contributed by atoms with van der Waals surface area (Å²) in [4.78, 5) is 12.5. The van der Waals surface area contributed by atoms with Gasteiger partial charge < -0.3 is 4.42 Å². The molecule has 0 aliphatic heterocycles. The zero-order valence-corrected chi connectivity index (χ0v) is 15.6. The van der Waals surface area contributed by atoms with Crippen LogP contribution in [0, 0.1) is 13.8 Å². The Morgan fingerprint density at radius 3 is 2.69 bits per heavy atom. The molecule has 10 heteroatoms. The summed E-state index contributed by atoms with van der Waals surface area (Å²) in [7, 11) is -3.79. The second-order valence-corrected chi connectivity index (χ2v) is 8.41. The zero-order valence-electron chi connectivity index (χ0n) is 14.0. The van der Waals surface area contributed by atoms with Gasteiger partial charge in [-0.3, -0.25) is 10.1 Å². The third-order valence-electron chi connectivity index (χ3n) is 3.53. The maximum absolute atomic E-state index is 12.5. The maximum atomic E-state index is 12.5. The van der Waals surface area contributed by atoms with Crippen LogP contribution in [-0.2, 0) is 16.6 Å². The Bertz CT molecular complexity index is 1030. The lowest BCUT2D eigenvalue weighted by Gasteiger charge is -2.10. The summed E-state index contributed by atoms with van der Waals surface area (Å²) in [5, 5.41) is 11.4. The van der Waals surface area contributed by atoms with E-state index in [1.54, 1.807) is 32.0 Å². The van der Waals surface area contributed by atoms with Crippen molar-refractivity contribution < 1.29 is 17.6 Å². The maximum Gasteiger partial charge on any atom is 0.257 e. The lowest BCUT2D eigenvalue weighted by molar-refractivity contribution is 0.102. The van der Waals surface area contributed by atoms with Crippen LogP contribution < -0.4 is 10.0 Å². The molecule has 0 atom stereocenters. The minimum atomic E-state index is -3.79. The minimum absolute atomic E-state index is 0.00625. The van der Waals surface area contributed by atoms with E-state index in [2.05, 4.69) is 20.2 Å². The third-order valence-corrected chi connectivity index (χ3v) is 5.68. The van der Waals surface area contributed by atoms with E-state index in [0.717, 1.165) is 5.01 Å². The molecular formula is C16H16N4O4S2. The van der Waals surface area contributed by atoms with Crippen molar-refractivity contribution in [1.29, 1.82) is 0 Å². The van der Waals surface area contributed by atoms with Crippen LogP contribution in [0.25, 0.3) is 0 Å². The summed E-state index contributed by atoms with van der Waals surface area (Å²) in [5.74, 6) is 0.0482. The summed E-state index contributed by atoms with van der Waals surface area (Å²) in [6, 6.07) is 7.71. The molecule has 1 amide bonds. The van der Waals surface area contributed by atoms with Crippen LogP contribution in [0.3, 0.4) is 0 Å². The van der Waals surface area contributed by atoms with Crippen molar-refractivity contribution in [2.75, 3.05) is 5.32 Å². The molecule has 26 heavy (non-hydrogen) atoms. The van der Waals surface area contributed by atoms with E-state index in [9.17, 15) is 13.2 Å². The lowest BCUT2D eigenvalue weighted by atomic mass is 10.1. The Balaban J connectivity index is 1.80. The number of aromatic nitrogens is 2. The smallest absolute Gasteiger partial charge is 0.257 e. The van der Waals surface area contributed by atoms with E-state index < -0.39 is 15.9 Å². The Morgan fingerprint density at radius 2 is 2.04 bits per heavy atom. The van der Waals surface area contributed by atoms with E-state index >= 15 is 0 Å². The molecule has 0 aliphatic rings. The number of carbonyl (C=O) groups excluding carboxylic acids is 1. The highest BCUT2D eigenvalue weighted by Crippen LogP contribution is 2.19. The number of nitrogens with one attached hydrogen (secondary N) is 2. The van der Waals surface area contributed by atoms with E-state index in [0.29, 0.717) is 16.5 Å². The van der Waals surface area contributed by atoms with Crippen molar-refractivity contribution in [1.82, 2.24) is 14.9 Å². The molecule has 0 aliphatic carbocycles. The Labute approximate surface area is 154 Å². The van der Waals surface area contributed by atoms with Crippen LogP contribution >= 0.6 is 11.3 Å². The lowest BCUT2D eigenvalue weighted by Crippen LogP contribution is -2.24. The molecule has 0 saturated carbocycles. The van der Waals surface area contributed by atoms with Gasteiger partial charge in [-0.2, -0.15) is 0 Å². The Morgan fingerprint density at radius 1 is 1.23 bits per heavy atom. The number of nitrogens with zero attached hydrogens (tertiary/aromatic N) is 2. The molecule has 2 N–H and O–H groups in total. The number of hydrogen-bond acceptors (Lipinski definition) is 7. The van der Waals surface area contributed by atoms with Crippen LogP contribution in [-0.4, -0.2) is 24.5 Å². The first kappa shape index (κ1) is 18.2. The number of sulfonamides is 1. The van der Waals surface area contributed by atoms with Gasteiger partial charge in [-0.15, -0.1) is 10.2 Å². The van der Waals surface area contributed by atoms with Crippen LogP contribution in [0.5, 0.6) is 0 Å². The van der Waals surface area contributed by atoms with Gasteiger partial charge in [-0.05, 0) is 43.7 Å². The molecule has 136 valence electrons. The fraction of sp³-hybridized carbons (Fsp3) is 0.188. The first-order valence-electron chi connectivity index (χ1n) is 7.59. The van der Waals surface area contributed by atoms with Crippen LogP contribution in [0.1, 0.15) is 26.7 Å². The van der Waals surface area contributed by atoms with Gasteiger partial charge >= 0.3 is 0 Å². The van der Waals surface area contributed by atoms with Gasteiger partial charge in [0.1, 0.15) is 10.8 Å². The highest BCUT2D eigenvalue weighted by Gasteiger charge is 2.19. The first-order chi connectivity index (χ1) is 12.3. The van der Waals surface area contributed by atoms with Gasteiger partial charge in [0.25, 0.3) is 5.91 Å². The molecule has 0 radical (unpaired) electrons. The first-order valence-corrected chi connectivity index (χ1v) is 9.89. The van der Waals surface area contributed by atoms with Crippen LogP contribution in [0.15, 0.2) is 45.9 Å². The number of furan rings is 1. The second-order valence-electron chi connectivity index (χ2n) is 5.46. The molecule has 0 spiro atoms. The van der Waals surface area contributed by atoms with Crippen molar-refractivity contribution in [3.8, 4) is 0 Å². The van der Waals surface area contributed by atoms with Crippen molar-refractivity contribution in [3.05, 3.63) is 58.5 Å². The van der Waals surface area contributed by atoms with Crippen molar-refractivity contribution in [2.45, 2.75) is 25.3 Å². The van der Waals surface area contributed by atoms with Gasteiger partial charge in [0.05, 0.1) is 17.7 Å². The predicted octanol–water partition coefficient (Wildman–Crippen LogP) is 2.48. The molecule has 3 rings (SSSR count). The Hall–Kier alpha value is -2.56. The van der Waals surface area contributed by atoms with Crippen molar-refractivity contribution in [3.63, 3.8) is 0 Å². The van der Waals surface area contributed by atoms with E-state index in [-0.39, 0.29) is 17.0 Å². The summed E-state index contributed by atoms with van der Waals surface area (Å²) in [5.41, 5.74) is 0.896. The quantitative estimate of drug-likeness (QED) is 0.666. The fourth-order valence-electron chi connectivity index (χ4n) is 2.19. The van der Waals surface area contributed by atoms with Gasteiger partial charge in [-0.25, -0.2) is 13.1 Å². The molecule has 0 saturated heterocycles. The van der Waals surface area contributed by atoms with Crippen molar-refractivity contribution in [2.24, 2.45) is 0 Å². The molecule has 0 unspecified atom stereocenters. The SMILES string of the molecule is Cc1nnc(NC(=O)c2cc(S(=O)(=O)NCc3ccco3)ccc2C)s1. The average Bonchev–Trinajstić information content (AvgIpc) is 3.25. The molecule has 0 bridgehead atoms. The molecule has 3 aromatic rings. The Kier molecular flexibility index (Phi) is 5.16. The summed E-state index contributed by atoms with van der Waals surface area (Å²) < 4.78 is 32.5. The molecule has 1 aromatic carbocycles. The summed E-state index contributed by atoms with van der Waals surface area (Å²) in [6.07, 6.45) is 1.47. The largest absolute Gasteiger partial charge is 0.468 e. The fourth-order valence-corrected chi connectivity index (χ4v) is 3.79. The van der Waals surface area contributed by atoms with Gasteiger partial charge in [0.2, 0.25) is 15.2 Å². The second kappa shape index (κ2) is 7.36. The molecule has 2 aromatic heterocycles. The molecule has 2 heterocycles. The molecule has 0 fully saturated rings. The van der Waals surface area contributed by atoms with Gasteiger partial charge in [-0.1, -0.05) is 17.4 Å². The highest BCUT2D eigenvalue weighted by atomic mass is 32.2. The van der Waals surface area contributed by atoms with Crippen LogP contribution in [0.4, 0.5) is 5.13 Å². The van der Waals surface area contributed by atoms with E-state index in [4.69, 9.17) is 4.42 Å². The monoisotopic (exact) mass is 392 g/mol. The topological polar surface area (TPSA) is 114 Å². The highest BCUT2D eigenvalue weighted by molar-refractivity contribution is 7.89. The van der Waals surface area contributed by atoms with Crippen LogP contribution in [0.2, 0.25) is 0 Å². The van der Waals surface area contributed by atoms with Crippen molar-refractivity contribution >= 4 is 32.4 Å². The predicted molar refractivity (Wildman–Crippen MR) is 96.5 cm³/mol. The molecular weight excluding hydrogens is 376 g/mol. The number of carbonyl (C=O) groups is 1. The minimum Gasteiger partial charge on any atom is -0.468 e. The zero-order chi connectivity index (χ0) is 18.7. The van der Waals surface area contributed by atoms with Gasteiger partial charge in [0, 0.05) is 5.56 Å². The number of rotatable bonds is 6. The van der Waals surface area contributed by atoms with E-state index in [1.807, 2.05) is 0 Å². The molecule has 8 nitrogen and oxygen atoms in total. The number of hydrogen-bond donors (Lipinski definition) is 2. The number of anilines is 1. The van der Waals surface area contributed by atoms with Gasteiger partial charge in [0.15, 0.2) is 0 Å². The van der Waals surface area contributed by atoms with E-state index in [1.165, 1.54) is 29.7 Å². The standard InChI is InChI=1S/C16H16N4O4S2/c1-10-5-6-13(26(22,23)17-9-12-4-3-7-24-12)8-14(10)15(21)18-16-20-19-11(2)25-16/h3-8,17H,9H2,1-2H3,(H,18,20,21). The summed E-state index contributed by atoms with van der Waals surface area (Å²) >= 11 is 1.24. The average molecular weight is 392 g/mol. The summed E-state index contributed by atoms with van der Waals surface area (Å²) in [6.45, 7) is 3.53.